The van der Waals surface area contributed by atoms with E-state index in [1.807, 2.05) is 24.6 Å². The standard InChI is InChI=1S/C17H23N5O2/c1-3-5-16(23)20-14-6-4-7-15(10-14)21-17(24)19-11-13(2)22-9-8-18-12-22/h4,6-10,12-13H,3,5,11H2,1-2H3,(H,20,23)(H2,19,21,24)/t13-/m0/s1. The van der Waals surface area contributed by atoms with Crippen LogP contribution in [0.4, 0.5) is 16.2 Å². The van der Waals surface area contributed by atoms with Gasteiger partial charge < -0.3 is 20.5 Å². The fourth-order valence-electron chi connectivity index (χ4n) is 2.18. The summed E-state index contributed by atoms with van der Waals surface area (Å²) in [5.41, 5.74) is 1.29. The molecule has 0 aliphatic heterocycles. The molecule has 0 fully saturated rings. The molecule has 128 valence electrons. The van der Waals surface area contributed by atoms with Gasteiger partial charge in [0.15, 0.2) is 0 Å². The number of rotatable bonds is 7. The monoisotopic (exact) mass is 329 g/mol. The van der Waals surface area contributed by atoms with Crippen molar-refractivity contribution in [2.75, 3.05) is 17.2 Å². The molecule has 7 nitrogen and oxygen atoms in total. The fourth-order valence-corrected chi connectivity index (χ4v) is 2.18. The third-order valence-corrected chi connectivity index (χ3v) is 3.47. The van der Waals surface area contributed by atoms with E-state index in [0.29, 0.717) is 24.3 Å². The van der Waals surface area contributed by atoms with Gasteiger partial charge in [-0.15, -0.1) is 0 Å². The number of aromatic nitrogens is 2. The van der Waals surface area contributed by atoms with E-state index in [-0.39, 0.29) is 18.0 Å². The van der Waals surface area contributed by atoms with Crippen LogP contribution in [0.2, 0.25) is 0 Å². The van der Waals surface area contributed by atoms with E-state index in [1.54, 1.807) is 36.8 Å². The van der Waals surface area contributed by atoms with Crippen LogP contribution in [-0.2, 0) is 4.79 Å². The van der Waals surface area contributed by atoms with Gasteiger partial charge in [0.05, 0.1) is 6.33 Å². The Bertz CT molecular complexity index is 669. The minimum absolute atomic E-state index is 0.0340. The molecule has 0 spiro atoms. The molecule has 1 heterocycles. The fraction of sp³-hybridized carbons (Fsp3) is 0.353. The molecule has 0 saturated carbocycles. The number of imidazole rings is 1. The van der Waals surface area contributed by atoms with Gasteiger partial charge in [-0.3, -0.25) is 4.79 Å². The van der Waals surface area contributed by atoms with Crippen LogP contribution < -0.4 is 16.0 Å². The molecule has 2 aromatic rings. The lowest BCUT2D eigenvalue weighted by molar-refractivity contribution is -0.116. The maximum atomic E-state index is 12.0. The average Bonchev–Trinajstić information content (AvgIpc) is 3.07. The largest absolute Gasteiger partial charge is 0.336 e. The zero-order valence-electron chi connectivity index (χ0n) is 14.0. The van der Waals surface area contributed by atoms with Crippen LogP contribution in [-0.4, -0.2) is 28.0 Å². The topological polar surface area (TPSA) is 88.0 Å². The Balaban J connectivity index is 1.84. The molecular weight excluding hydrogens is 306 g/mol. The molecule has 0 aliphatic rings. The first-order valence-corrected chi connectivity index (χ1v) is 8.00. The summed E-state index contributed by atoms with van der Waals surface area (Å²) in [6, 6.07) is 6.89. The van der Waals surface area contributed by atoms with Gasteiger partial charge in [-0.25, -0.2) is 9.78 Å². The van der Waals surface area contributed by atoms with Gasteiger partial charge in [-0.05, 0) is 31.5 Å². The molecule has 3 N–H and O–H groups in total. The van der Waals surface area contributed by atoms with Crippen LogP contribution in [0.1, 0.15) is 32.7 Å². The third kappa shape index (κ3) is 5.42. The lowest BCUT2D eigenvalue weighted by Gasteiger charge is -2.14. The Morgan fingerprint density at radius 2 is 2.00 bits per heavy atom. The molecule has 2 rings (SSSR count). The van der Waals surface area contributed by atoms with Crippen LogP contribution in [0, 0.1) is 0 Å². The SMILES string of the molecule is CCCC(=O)Nc1cccc(NC(=O)NC[C@H](C)n2ccnc2)c1. The van der Waals surface area contributed by atoms with Crippen molar-refractivity contribution in [2.45, 2.75) is 32.7 Å². The van der Waals surface area contributed by atoms with E-state index in [2.05, 4.69) is 20.9 Å². The van der Waals surface area contributed by atoms with Crippen LogP contribution >= 0.6 is 0 Å². The zero-order chi connectivity index (χ0) is 17.4. The Morgan fingerprint density at radius 1 is 1.25 bits per heavy atom. The first kappa shape index (κ1) is 17.5. The van der Waals surface area contributed by atoms with Crippen molar-refractivity contribution < 1.29 is 9.59 Å². The summed E-state index contributed by atoms with van der Waals surface area (Å²) in [4.78, 5) is 27.6. The minimum Gasteiger partial charge on any atom is -0.336 e. The first-order chi connectivity index (χ1) is 11.6. The third-order valence-electron chi connectivity index (χ3n) is 3.47. The normalized spacial score (nSPS) is 11.6. The molecule has 1 aromatic heterocycles. The van der Waals surface area contributed by atoms with E-state index in [0.717, 1.165) is 6.42 Å². The minimum atomic E-state index is -0.293. The number of amides is 3. The van der Waals surface area contributed by atoms with Crippen LogP contribution in [0.5, 0.6) is 0 Å². The average molecular weight is 329 g/mol. The van der Waals surface area contributed by atoms with E-state index >= 15 is 0 Å². The van der Waals surface area contributed by atoms with E-state index < -0.39 is 0 Å². The van der Waals surface area contributed by atoms with Gasteiger partial charge in [-0.2, -0.15) is 0 Å². The molecule has 7 heteroatoms. The summed E-state index contributed by atoms with van der Waals surface area (Å²) in [6.45, 7) is 4.42. The number of hydrogen-bond donors (Lipinski definition) is 3. The van der Waals surface area contributed by atoms with Crippen molar-refractivity contribution in [1.29, 1.82) is 0 Å². The molecule has 0 saturated heterocycles. The van der Waals surface area contributed by atoms with Gasteiger partial charge in [0, 0.05) is 42.8 Å². The predicted molar refractivity (Wildman–Crippen MR) is 93.9 cm³/mol. The summed E-state index contributed by atoms with van der Waals surface area (Å²) in [5.74, 6) is -0.0340. The molecule has 0 aliphatic carbocycles. The van der Waals surface area contributed by atoms with Crippen molar-refractivity contribution in [3.8, 4) is 0 Å². The Morgan fingerprint density at radius 3 is 2.67 bits per heavy atom. The number of nitrogens with zero attached hydrogens (tertiary/aromatic N) is 2. The Kier molecular flexibility index (Phi) is 6.36. The summed E-state index contributed by atoms with van der Waals surface area (Å²) in [6.07, 6.45) is 6.54. The molecular formula is C17H23N5O2. The summed E-state index contributed by atoms with van der Waals surface area (Å²) < 4.78 is 1.92. The van der Waals surface area contributed by atoms with Gasteiger partial charge >= 0.3 is 6.03 Å². The number of carbonyl (C=O) groups is 2. The van der Waals surface area contributed by atoms with Gasteiger partial charge in [0.25, 0.3) is 0 Å². The number of benzene rings is 1. The molecule has 24 heavy (non-hydrogen) atoms. The summed E-state index contributed by atoms with van der Waals surface area (Å²) >= 11 is 0. The summed E-state index contributed by atoms with van der Waals surface area (Å²) in [7, 11) is 0. The molecule has 0 bridgehead atoms. The van der Waals surface area contributed by atoms with Crippen LogP contribution in [0.25, 0.3) is 0 Å². The smallest absolute Gasteiger partial charge is 0.319 e. The van der Waals surface area contributed by atoms with Crippen LogP contribution in [0.3, 0.4) is 0 Å². The Labute approximate surface area is 141 Å². The maximum absolute atomic E-state index is 12.0. The number of anilines is 2. The van der Waals surface area contributed by atoms with Crippen molar-refractivity contribution in [3.63, 3.8) is 0 Å². The van der Waals surface area contributed by atoms with Gasteiger partial charge in [-0.1, -0.05) is 13.0 Å². The lowest BCUT2D eigenvalue weighted by atomic mass is 10.2. The second kappa shape index (κ2) is 8.71. The quantitative estimate of drug-likeness (QED) is 0.729. The van der Waals surface area contributed by atoms with E-state index in [1.165, 1.54) is 0 Å². The highest BCUT2D eigenvalue weighted by Gasteiger charge is 2.07. The maximum Gasteiger partial charge on any atom is 0.319 e. The van der Waals surface area contributed by atoms with Gasteiger partial charge in [0.1, 0.15) is 0 Å². The van der Waals surface area contributed by atoms with Crippen molar-refractivity contribution in [3.05, 3.63) is 43.0 Å². The van der Waals surface area contributed by atoms with Crippen LogP contribution in [0.15, 0.2) is 43.0 Å². The zero-order valence-corrected chi connectivity index (χ0v) is 14.0. The highest BCUT2D eigenvalue weighted by molar-refractivity contribution is 5.93. The number of nitrogens with one attached hydrogen (secondary N) is 3. The number of carbonyl (C=O) groups excluding carboxylic acids is 2. The second-order valence-corrected chi connectivity index (χ2v) is 5.57. The second-order valence-electron chi connectivity index (χ2n) is 5.57. The van der Waals surface area contributed by atoms with Gasteiger partial charge in [0.2, 0.25) is 5.91 Å². The van der Waals surface area contributed by atoms with Crippen molar-refractivity contribution in [1.82, 2.24) is 14.9 Å². The predicted octanol–water partition coefficient (Wildman–Crippen LogP) is 3.00. The molecule has 1 aromatic carbocycles. The first-order valence-electron chi connectivity index (χ1n) is 8.00. The molecule has 1 atom stereocenters. The molecule has 0 unspecified atom stereocenters. The van der Waals surface area contributed by atoms with E-state index in [9.17, 15) is 9.59 Å². The highest BCUT2D eigenvalue weighted by atomic mass is 16.2. The summed E-state index contributed by atoms with van der Waals surface area (Å²) in [5, 5.41) is 8.38. The number of hydrogen-bond acceptors (Lipinski definition) is 3. The van der Waals surface area contributed by atoms with Crippen molar-refractivity contribution >= 4 is 23.3 Å². The van der Waals surface area contributed by atoms with Crippen molar-refractivity contribution in [2.24, 2.45) is 0 Å². The highest BCUT2D eigenvalue weighted by Crippen LogP contribution is 2.15. The Hall–Kier alpha value is -2.83. The number of urea groups is 1. The molecule has 0 radical (unpaired) electrons. The molecule has 3 amide bonds. The lowest BCUT2D eigenvalue weighted by Crippen LogP contribution is -2.33. The van der Waals surface area contributed by atoms with E-state index in [4.69, 9.17) is 0 Å².